The van der Waals surface area contributed by atoms with Crippen LogP contribution in [0.5, 0.6) is 0 Å². The zero-order chi connectivity index (χ0) is 13.4. The second-order valence-corrected chi connectivity index (χ2v) is 5.19. The summed E-state index contributed by atoms with van der Waals surface area (Å²) in [5.41, 5.74) is 5.66. The van der Waals surface area contributed by atoms with Crippen molar-refractivity contribution in [3.8, 4) is 0 Å². The summed E-state index contributed by atoms with van der Waals surface area (Å²) in [4.78, 5) is 11.7. The van der Waals surface area contributed by atoms with Crippen molar-refractivity contribution < 1.29 is 19.0 Å². The third kappa shape index (κ3) is 8.42. The van der Waals surface area contributed by atoms with Crippen molar-refractivity contribution >= 4 is 18.4 Å². The molecule has 2 atom stereocenters. The highest BCUT2D eigenvalue weighted by atomic mass is 35.5. The van der Waals surface area contributed by atoms with Crippen LogP contribution in [0.25, 0.3) is 0 Å². The van der Waals surface area contributed by atoms with Crippen molar-refractivity contribution in [1.82, 2.24) is 0 Å². The minimum Gasteiger partial charge on any atom is -0.463 e. The molecule has 0 amide bonds. The first-order valence-corrected chi connectivity index (χ1v) is 6.66. The Morgan fingerprint density at radius 2 is 2.16 bits per heavy atom. The summed E-state index contributed by atoms with van der Waals surface area (Å²) in [6.07, 6.45) is 1.22. The number of halogens is 1. The van der Waals surface area contributed by atoms with Gasteiger partial charge in [0.25, 0.3) is 0 Å². The van der Waals surface area contributed by atoms with Gasteiger partial charge in [0.15, 0.2) is 0 Å². The van der Waals surface area contributed by atoms with E-state index in [0.29, 0.717) is 38.7 Å². The first-order chi connectivity index (χ1) is 8.61. The van der Waals surface area contributed by atoms with E-state index in [-0.39, 0.29) is 37.0 Å². The highest BCUT2D eigenvalue weighted by Gasteiger charge is 2.19. The van der Waals surface area contributed by atoms with Gasteiger partial charge in [0, 0.05) is 6.42 Å². The van der Waals surface area contributed by atoms with E-state index >= 15 is 0 Å². The molecule has 1 aliphatic heterocycles. The molecule has 0 aromatic carbocycles. The van der Waals surface area contributed by atoms with E-state index in [4.69, 9.17) is 19.9 Å². The van der Waals surface area contributed by atoms with Gasteiger partial charge in [-0.3, -0.25) is 4.79 Å². The molecule has 6 heteroatoms. The lowest BCUT2D eigenvalue weighted by Gasteiger charge is -2.23. The second-order valence-electron chi connectivity index (χ2n) is 5.19. The van der Waals surface area contributed by atoms with Gasteiger partial charge in [-0.2, -0.15) is 0 Å². The molecule has 1 fully saturated rings. The van der Waals surface area contributed by atoms with Gasteiger partial charge in [0.2, 0.25) is 0 Å². The molecule has 19 heavy (non-hydrogen) atoms. The average Bonchev–Trinajstić information content (AvgIpc) is 2.36. The molecule has 0 radical (unpaired) electrons. The smallest absolute Gasteiger partial charge is 0.306 e. The Kier molecular flexibility index (Phi) is 10.2. The van der Waals surface area contributed by atoms with Gasteiger partial charge in [-0.05, 0) is 24.8 Å². The molecule has 1 aliphatic rings. The van der Waals surface area contributed by atoms with Gasteiger partial charge in [0.05, 0.1) is 19.8 Å². The Labute approximate surface area is 121 Å². The number of hydrogen-bond acceptors (Lipinski definition) is 5. The van der Waals surface area contributed by atoms with Crippen molar-refractivity contribution in [2.24, 2.45) is 17.6 Å². The second kappa shape index (κ2) is 10.4. The molecule has 0 aromatic heterocycles. The van der Waals surface area contributed by atoms with Crippen molar-refractivity contribution in [2.45, 2.75) is 32.8 Å². The number of hydrogen-bond donors (Lipinski definition) is 1. The molecular weight excluding hydrogens is 270 g/mol. The Bertz CT molecular complexity index is 245. The van der Waals surface area contributed by atoms with E-state index in [1.54, 1.807) is 0 Å². The van der Waals surface area contributed by atoms with Gasteiger partial charge < -0.3 is 19.9 Å². The number of esters is 1. The molecule has 114 valence electrons. The van der Waals surface area contributed by atoms with Crippen molar-refractivity contribution in [2.75, 3.05) is 33.0 Å². The quantitative estimate of drug-likeness (QED) is 0.719. The normalized spacial score (nSPS) is 20.7. The Morgan fingerprint density at radius 3 is 2.68 bits per heavy atom. The number of rotatable bonds is 7. The molecule has 0 saturated carbocycles. The van der Waals surface area contributed by atoms with Crippen molar-refractivity contribution in [1.29, 1.82) is 0 Å². The Morgan fingerprint density at radius 1 is 1.42 bits per heavy atom. The number of ether oxygens (including phenoxy) is 3. The van der Waals surface area contributed by atoms with Gasteiger partial charge in [-0.15, -0.1) is 12.4 Å². The van der Waals surface area contributed by atoms with Crippen LogP contribution in [0, 0.1) is 11.8 Å². The fourth-order valence-electron chi connectivity index (χ4n) is 2.04. The topological polar surface area (TPSA) is 70.8 Å². The number of carbonyl (C=O) groups is 1. The summed E-state index contributed by atoms with van der Waals surface area (Å²) in [6, 6.07) is 0. The van der Waals surface area contributed by atoms with Crippen molar-refractivity contribution in [3.63, 3.8) is 0 Å². The summed E-state index contributed by atoms with van der Waals surface area (Å²) in [5, 5.41) is 0. The van der Waals surface area contributed by atoms with Crippen LogP contribution in [0.3, 0.4) is 0 Å². The zero-order valence-electron chi connectivity index (χ0n) is 11.8. The van der Waals surface area contributed by atoms with Crippen LogP contribution in [0.4, 0.5) is 0 Å². The van der Waals surface area contributed by atoms with Gasteiger partial charge in [0.1, 0.15) is 12.7 Å². The van der Waals surface area contributed by atoms with E-state index in [1.807, 2.05) is 0 Å². The lowest BCUT2D eigenvalue weighted by atomic mass is 9.94. The Balaban J connectivity index is 0.00000324. The molecule has 2 N–H and O–H groups in total. The van der Waals surface area contributed by atoms with E-state index < -0.39 is 0 Å². The third-order valence-corrected chi connectivity index (χ3v) is 2.91. The average molecular weight is 296 g/mol. The highest BCUT2D eigenvalue weighted by molar-refractivity contribution is 5.85. The number of carbonyl (C=O) groups excluding carboxylic acids is 1. The lowest BCUT2D eigenvalue weighted by Crippen LogP contribution is -2.33. The molecular formula is C13H26ClNO4. The fraction of sp³-hybridized carbons (Fsp3) is 0.923. The summed E-state index contributed by atoms with van der Waals surface area (Å²) < 4.78 is 15.8. The van der Waals surface area contributed by atoms with Crippen LogP contribution in [0.2, 0.25) is 0 Å². The molecule has 0 aromatic rings. The summed E-state index contributed by atoms with van der Waals surface area (Å²) >= 11 is 0. The van der Waals surface area contributed by atoms with E-state index in [1.165, 1.54) is 0 Å². The predicted octanol–water partition coefficient (Wildman–Crippen LogP) is 1.38. The zero-order valence-corrected chi connectivity index (χ0v) is 12.6. The van der Waals surface area contributed by atoms with Gasteiger partial charge in [-0.25, -0.2) is 0 Å². The van der Waals surface area contributed by atoms with Crippen LogP contribution in [-0.4, -0.2) is 45.0 Å². The molecule has 1 rings (SSSR count). The fourth-order valence-corrected chi connectivity index (χ4v) is 2.04. The monoisotopic (exact) mass is 295 g/mol. The maximum absolute atomic E-state index is 11.7. The highest BCUT2D eigenvalue weighted by Crippen LogP contribution is 2.15. The van der Waals surface area contributed by atoms with E-state index in [9.17, 15) is 4.79 Å². The molecule has 0 spiro atoms. The standard InChI is InChI=1S/C13H25NO4.ClH/c1-10(2)5-11(7-14)6-13(15)18-9-12-8-16-3-4-17-12;/h10-12H,3-9,14H2,1-2H3;1H/t11-,12?;/m0./s1. The van der Waals surface area contributed by atoms with Crippen molar-refractivity contribution in [3.05, 3.63) is 0 Å². The van der Waals surface area contributed by atoms with Crippen LogP contribution in [0.1, 0.15) is 26.7 Å². The third-order valence-electron chi connectivity index (χ3n) is 2.91. The summed E-state index contributed by atoms with van der Waals surface area (Å²) in [5.74, 6) is 0.558. The Hall–Kier alpha value is -0.360. The molecule has 1 heterocycles. The molecule has 1 saturated heterocycles. The summed E-state index contributed by atoms with van der Waals surface area (Å²) in [6.45, 7) is 6.74. The van der Waals surface area contributed by atoms with Crippen LogP contribution < -0.4 is 5.73 Å². The molecule has 0 aliphatic carbocycles. The van der Waals surface area contributed by atoms with E-state index in [0.717, 1.165) is 6.42 Å². The first kappa shape index (κ1) is 18.6. The van der Waals surface area contributed by atoms with Gasteiger partial charge in [-0.1, -0.05) is 13.8 Å². The SMILES string of the molecule is CC(C)C[C@H](CN)CC(=O)OCC1COCCO1.Cl. The minimum atomic E-state index is -0.194. The molecule has 0 bridgehead atoms. The maximum atomic E-state index is 11.7. The van der Waals surface area contributed by atoms with Crippen LogP contribution in [0.15, 0.2) is 0 Å². The summed E-state index contributed by atoms with van der Waals surface area (Å²) in [7, 11) is 0. The first-order valence-electron chi connectivity index (χ1n) is 6.66. The van der Waals surface area contributed by atoms with Crippen LogP contribution >= 0.6 is 12.4 Å². The lowest BCUT2D eigenvalue weighted by molar-refractivity contribution is -0.156. The molecule has 5 nitrogen and oxygen atoms in total. The number of nitrogens with two attached hydrogens (primary N) is 1. The largest absolute Gasteiger partial charge is 0.463 e. The minimum absolute atomic E-state index is 0. The van der Waals surface area contributed by atoms with E-state index in [2.05, 4.69) is 13.8 Å². The van der Waals surface area contributed by atoms with Gasteiger partial charge >= 0.3 is 5.97 Å². The molecule has 1 unspecified atom stereocenters. The predicted molar refractivity (Wildman–Crippen MR) is 75.4 cm³/mol. The van der Waals surface area contributed by atoms with Crippen LogP contribution in [-0.2, 0) is 19.0 Å². The maximum Gasteiger partial charge on any atom is 0.306 e.